The number of carbonyl (C=O) groups excluding carboxylic acids is 1. The molecule has 0 aromatic carbocycles. The molecule has 0 saturated carbocycles. The zero-order valence-corrected chi connectivity index (χ0v) is 8.16. The summed E-state index contributed by atoms with van der Waals surface area (Å²) in [5, 5.41) is 0. The Bertz CT molecular complexity index is 189. The van der Waals surface area contributed by atoms with Crippen molar-refractivity contribution < 1.29 is 9.53 Å². The standard InChI is InChI=1S/C10H17NO2/c1-3-10(12)11-6-4-5-9(7-11)8-13-2/h3,9H,1,4-8H2,2H3. The molecule has 0 aliphatic carbocycles. The van der Waals surface area contributed by atoms with Crippen molar-refractivity contribution in [2.24, 2.45) is 5.92 Å². The van der Waals surface area contributed by atoms with Crippen LogP contribution in [0.5, 0.6) is 0 Å². The molecule has 74 valence electrons. The van der Waals surface area contributed by atoms with Crippen LogP contribution in [0.3, 0.4) is 0 Å². The summed E-state index contributed by atoms with van der Waals surface area (Å²) in [6.07, 6.45) is 3.62. The Balaban J connectivity index is 2.41. The van der Waals surface area contributed by atoms with Crippen molar-refractivity contribution in [2.75, 3.05) is 26.8 Å². The zero-order chi connectivity index (χ0) is 9.68. The predicted octanol–water partition coefficient (Wildman–Crippen LogP) is 1.06. The van der Waals surface area contributed by atoms with Gasteiger partial charge in [0.2, 0.25) is 5.91 Å². The third kappa shape index (κ3) is 2.84. The van der Waals surface area contributed by atoms with Gasteiger partial charge in [-0.3, -0.25) is 4.79 Å². The van der Waals surface area contributed by atoms with E-state index in [4.69, 9.17) is 4.74 Å². The van der Waals surface area contributed by atoms with Crippen LogP contribution in [0.1, 0.15) is 12.8 Å². The Hall–Kier alpha value is -0.830. The molecule has 0 aromatic heterocycles. The average molecular weight is 183 g/mol. The van der Waals surface area contributed by atoms with Gasteiger partial charge >= 0.3 is 0 Å². The van der Waals surface area contributed by atoms with Crippen LogP contribution >= 0.6 is 0 Å². The molecule has 1 heterocycles. The van der Waals surface area contributed by atoms with Crippen molar-refractivity contribution in [3.05, 3.63) is 12.7 Å². The molecule has 13 heavy (non-hydrogen) atoms. The smallest absolute Gasteiger partial charge is 0.245 e. The lowest BCUT2D eigenvalue weighted by molar-refractivity contribution is -0.128. The molecule has 0 radical (unpaired) electrons. The number of amides is 1. The lowest BCUT2D eigenvalue weighted by atomic mass is 9.99. The Labute approximate surface area is 79.4 Å². The maximum Gasteiger partial charge on any atom is 0.245 e. The monoisotopic (exact) mass is 183 g/mol. The summed E-state index contributed by atoms with van der Waals surface area (Å²) >= 11 is 0. The summed E-state index contributed by atoms with van der Waals surface area (Å²) in [7, 11) is 1.70. The number of nitrogens with zero attached hydrogens (tertiary/aromatic N) is 1. The van der Waals surface area contributed by atoms with Gasteiger partial charge in [-0.15, -0.1) is 0 Å². The van der Waals surface area contributed by atoms with Gasteiger partial charge in [0.05, 0.1) is 6.61 Å². The van der Waals surface area contributed by atoms with Crippen LogP contribution in [0.2, 0.25) is 0 Å². The van der Waals surface area contributed by atoms with Gasteiger partial charge in [-0.1, -0.05) is 6.58 Å². The number of likely N-dealkylation sites (tertiary alicyclic amines) is 1. The first-order valence-electron chi connectivity index (χ1n) is 4.68. The second kappa shape index (κ2) is 5.02. The molecule has 3 heteroatoms. The average Bonchev–Trinajstić information content (AvgIpc) is 2.18. The van der Waals surface area contributed by atoms with Crippen molar-refractivity contribution in [3.63, 3.8) is 0 Å². The minimum absolute atomic E-state index is 0.0424. The molecule has 1 fully saturated rings. The number of rotatable bonds is 3. The molecular weight excluding hydrogens is 166 g/mol. The summed E-state index contributed by atoms with van der Waals surface area (Å²) in [5.41, 5.74) is 0. The summed E-state index contributed by atoms with van der Waals surface area (Å²) in [6, 6.07) is 0. The van der Waals surface area contributed by atoms with Crippen LogP contribution in [-0.4, -0.2) is 37.6 Å². The van der Waals surface area contributed by atoms with Crippen LogP contribution in [0.25, 0.3) is 0 Å². The Morgan fingerprint density at radius 1 is 1.77 bits per heavy atom. The van der Waals surface area contributed by atoms with E-state index >= 15 is 0 Å². The Morgan fingerprint density at radius 2 is 2.54 bits per heavy atom. The second-order valence-corrected chi connectivity index (χ2v) is 3.45. The molecule has 0 N–H and O–H groups in total. The molecule has 0 bridgehead atoms. The van der Waals surface area contributed by atoms with Crippen LogP contribution in [0, 0.1) is 5.92 Å². The highest BCUT2D eigenvalue weighted by Crippen LogP contribution is 2.16. The molecule has 0 aromatic rings. The highest BCUT2D eigenvalue weighted by molar-refractivity contribution is 5.87. The highest BCUT2D eigenvalue weighted by Gasteiger charge is 2.21. The Kier molecular flexibility index (Phi) is 3.96. The van der Waals surface area contributed by atoms with Crippen molar-refractivity contribution in [1.82, 2.24) is 4.90 Å². The van der Waals surface area contributed by atoms with Crippen molar-refractivity contribution >= 4 is 5.91 Å². The minimum Gasteiger partial charge on any atom is -0.384 e. The van der Waals surface area contributed by atoms with Gasteiger partial charge in [0.25, 0.3) is 0 Å². The molecule has 1 rings (SSSR count). The molecule has 1 atom stereocenters. The largest absolute Gasteiger partial charge is 0.384 e. The van der Waals surface area contributed by atoms with Crippen molar-refractivity contribution in [1.29, 1.82) is 0 Å². The van der Waals surface area contributed by atoms with Gasteiger partial charge in [0.1, 0.15) is 0 Å². The third-order valence-electron chi connectivity index (χ3n) is 2.41. The predicted molar refractivity (Wildman–Crippen MR) is 51.4 cm³/mol. The number of hydrogen-bond donors (Lipinski definition) is 0. The van der Waals surface area contributed by atoms with E-state index in [9.17, 15) is 4.79 Å². The summed E-state index contributed by atoms with van der Waals surface area (Å²) in [4.78, 5) is 13.1. The first-order chi connectivity index (χ1) is 6.27. The maximum atomic E-state index is 11.3. The molecule has 1 aliphatic heterocycles. The van der Waals surface area contributed by atoms with Gasteiger partial charge in [-0.2, -0.15) is 0 Å². The van der Waals surface area contributed by atoms with E-state index in [-0.39, 0.29) is 5.91 Å². The normalized spacial score (nSPS) is 22.8. The third-order valence-corrected chi connectivity index (χ3v) is 2.41. The van der Waals surface area contributed by atoms with Crippen LogP contribution in [0.4, 0.5) is 0 Å². The molecule has 0 spiro atoms. The number of ether oxygens (including phenoxy) is 1. The zero-order valence-electron chi connectivity index (χ0n) is 8.16. The number of hydrogen-bond acceptors (Lipinski definition) is 2. The minimum atomic E-state index is 0.0424. The van der Waals surface area contributed by atoms with Crippen molar-refractivity contribution in [2.45, 2.75) is 12.8 Å². The van der Waals surface area contributed by atoms with Gasteiger partial charge in [0, 0.05) is 20.2 Å². The van der Waals surface area contributed by atoms with E-state index in [2.05, 4.69) is 6.58 Å². The van der Waals surface area contributed by atoms with Crippen LogP contribution in [0.15, 0.2) is 12.7 Å². The molecule has 3 nitrogen and oxygen atoms in total. The first kappa shape index (κ1) is 10.3. The van der Waals surface area contributed by atoms with E-state index in [0.29, 0.717) is 5.92 Å². The number of methoxy groups -OCH3 is 1. The summed E-state index contributed by atoms with van der Waals surface area (Å²) < 4.78 is 5.08. The molecule has 1 amide bonds. The van der Waals surface area contributed by atoms with E-state index < -0.39 is 0 Å². The first-order valence-corrected chi connectivity index (χ1v) is 4.68. The van der Waals surface area contributed by atoms with E-state index in [1.165, 1.54) is 6.08 Å². The quantitative estimate of drug-likeness (QED) is 0.612. The number of carbonyl (C=O) groups is 1. The Morgan fingerprint density at radius 3 is 3.15 bits per heavy atom. The topological polar surface area (TPSA) is 29.5 Å². The molecule has 1 saturated heterocycles. The van der Waals surface area contributed by atoms with E-state index in [1.807, 2.05) is 4.90 Å². The molecule has 1 aliphatic rings. The van der Waals surface area contributed by atoms with Crippen LogP contribution < -0.4 is 0 Å². The maximum absolute atomic E-state index is 11.3. The highest BCUT2D eigenvalue weighted by atomic mass is 16.5. The fraction of sp³-hybridized carbons (Fsp3) is 0.700. The fourth-order valence-corrected chi connectivity index (χ4v) is 1.77. The molecular formula is C10H17NO2. The second-order valence-electron chi connectivity index (χ2n) is 3.45. The summed E-state index contributed by atoms with van der Waals surface area (Å²) in [6.45, 7) is 5.92. The fourth-order valence-electron chi connectivity index (χ4n) is 1.77. The lowest BCUT2D eigenvalue weighted by Crippen LogP contribution is -2.40. The summed E-state index contributed by atoms with van der Waals surface area (Å²) in [5.74, 6) is 0.545. The molecule has 1 unspecified atom stereocenters. The van der Waals surface area contributed by atoms with Gasteiger partial charge in [-0.25, -0.2) is 0 Å². The van der Waals surface area contributed by atoms with Gasteiger partial charge in [-0.05, 0) is 24.8 Å². The van der Waals surface area contributed by atoms with Gasteiger partial charge < -0.3 is 9.64 Å². The van der Waals surface area contributed by atoms with E-state index in [0.717, 1.165) is 32.5 Å². The van der Waals surface area contributed by atoms with Crippen molar-refractivity contribution in [3.8, 4) is 0 Å². The number of piperidine rings is 1. The van der Waals surface area contributed by atoms with Gasteiger partial charge in [0.15, 0.2) is 0 Å². The van der Waals surface area contributed by atoms with Crippen LogP contribution in [-0.2, 0) is 9.53 Å². The van der Waals surface area contributed by atoms with E-state index in [1.54, 1.807) is 7.11 Å². The SMILES string of the molecule is C=CC(=O)N1CCCC(COC)C1. The lowest BCUT2D eigenvalue weighted by Gasteiger charge is -2.31.